The predicted molar refractivity (Wildman–Crippen MR) is 87.1 cm³/mol. The van der Waals surface area contributed by atoms with Gasteiger partial charge in [0, 0.05) is 30.1 Å². The van der Waals surface area contributed by atoms with E-state index in [1.165, 1.54) is 6.07 Å². The Bertz CT molecular complexity index is 736. The van der Waals surface area contributed by atoms with Gasteiger partial charge in [-0.15, -0.1) is 0 Å². The highest BCUT2D eigenvalue weighted by Gasteiger charge is 2.25. The van der Waals surface area contributed by atoms with Crippen molar-refractivity contribution in [2.24, 2.45) is 5.92 Å². The molecule has 0 saturated carbocycles. The second-order valence-electron chi connectivity index (χ2n) is 5.91. The molecular formula is C17H21N3O2. The molecule has 1 atom stereocenters. The first-order chi connectivity index (χ1) is 10.7. The summed E-state index contributed by atoms with van der Waals surface area (Å²) in [4.78, 5) is 29.4. The van der Waals surface area contributed by atoms with E-state index >= 15 is 0 Å². The first kappa shape index (κ1) is 14.8. The van der Waals surface area contributed by atoms with Crippen molar-refractivity contribution >= 4 is 16.8 Å². The first-order valence-electron chi connectivity index (χ1n) is 7.75. The van der Waals surface area contributed by atoms with E-state index < -0.39 is 0 Å². The average Bonchev–Trinajstić information content (AvgIpc) is 2.54. The molecule has 2 N–H and O–H groups in total. The topological polar surface area (TPSA) is 65.2 Å². The van der Waals surface area contributed by atoms with Crippen LogP contribution in [0.15, 0.2) is 35.1 Å². The summed E-state index contributed by atoms with van der Waals surface area (Å²) < 4.78 is 0. The summed E-state index contributed by atoms with van der Waals surface area (Å²) in [7, 11) is 1.94. The maximum atomic E-state index is 12.9. The van der Waals surface area contributed by atoms with Gasteiger partial charge in [-0.3, -0.25) is 9.59 Å². The summed E-state index contributed by atoms with van der Waals surface area (Å²) in [6, 6.07) is 8.88. The SMILES string of the molecule is CNC[C@@H]1CCCN(C(=O)c2cc(=O)[nH]c3ccccc23)C1. The number of piperidine rings is 1. The van der Waals surface area contributed by atoms with Crippen LogP contribution in [0.1, 0.15) is 23.2 Å². The number of rotatable bonds is 3. The minimum Gasteiger partial charge on any atom is -0.338 e. The third-order valence-corrected chi connectivity index (χ3v) is 4.28. The molecule has 0 spiro atoms. The summed E-state index contributed by atoms with van der Waals surface area (Å²) in [5, 5.41) is 3.99. The van der Waals surface area contributed by atoms with Crippen molar-refractivity contribution in [2.45, 2.75) is 12.8 Å². The number of aromatic nitrogens is 1. The zero-order chi connectivity index (χ0) is 15.5. The van der Waals surface area contributed by atoms with Crippen LogP contribution in [0.25, 0.3) is 10.9 Å². The van der Waals surface area contributed by atoms with Crippen LogP contribution in [-0.2, 0) is 0 Å². The molecule has 0 radical (unpaired) electrons. The fourth-order valence-electron chi connectivity index (χ4n) is 3.26. The molecule has 5 heteroatoms. The second kappa shape index (κ2) is 6.32. The van der Waals surface area contributed by atoms with E-state index in [2.05, 4.69) is 10.3 Å². The van der Waals surface area contributed by atoms with Gasteiger partial charge < -0.3 is 15.2 Å². The van der Waals surface area contributed by atoms with Gasteiger partial charge in [0.2, 0.25) is 5.56 Å². The fourth-order valence-corrected chi connectivity index (χ4v) is 3.26. The maximum Gasteiger partial charge on any atom is 0.254 e. The van der Waals surface area contributed by atoms with Crippen LogP contribution in [0.3, 0.4) is 0 Å². The Morgan fingerprint density at radius 1 is 1.41 bits per heavy atom. The summed E-state index contributed by atoms with van der Waals surface area (Å²) in [5.74, 6) is 0.444. The number of hydrogen-bond acceptors (Lipinski definition) is 3. The Labute approximate surface area is 129 Å². The summed E-state index contributed by atoms with van der Waals surface area (Å²) in [6.07, 6.45) is 2.15. The second-order valence-corrected chi connectivity index (χ2v) is 5.91. The standard InChI is InChI=1S/C17H21N3O2/c1-18-10-12-5-4-8-20(11-12)17(22)14-9-16(21)19-15-7-3-2-6-13(14)15/h2-3,6-7,9,12,18H,4-5,8,10-11H2,1H3,(H,19,21)/t12-/m0/s1. The fraction of sp³-hybridized carbons (Fsp3) is 0.412. The van der Waals surface area contributed by atoms with E-state index in [0.29, 0.717) is 17.0 Å². The van der Waals surface area contributed by atoms with Crippen molar-refractivity contribution in [1.29, 1.82) is 0 Å². The van der Waals surface area contributed by atoms with E-state index in [1.54, 1.807) is 0 Å². The van der Waals surface area contributed by atoms with E-state index in [0.717, 1.165) is 37.9 Å². The third kappa shape index (κ3) is 2.90. The van der Waals surface area contributed by atoms with Crippen molar-refractivity contribution in [1.82, 2.24) is 15.2 Å². The Morgan fingerprint density at radius 3 is 3.05 bits per heavy atom. The number of hydrogen-bond donors (Lipinski definition) is 2. The van der Waals surface area contributed by atoms with Crippen LogP contribution in [0.4, 0.5) is 0 Å². The lowest BCUT2D eigenvalue weighted by molar-refractivity contribution is 0.0676. The maximum absolute atomic E-state index is 12.9. The molecule has 0 unspecified atom stereocenters. The Kier molecular flexibility index (Phi) is 4.24. The lowest BCUT2D eigenvalue weighted by Gasteiger charge is -2.33. The number of aromatic amines is 1. The molecule has 1 aliphatic heterocycles. The van der Waals surface area contributed by atoms with Gasteiger partial charge in [-0.05, 0) is 38.4 Å². The summed E-state index contributed by atoms with van der Waals surface area (Å²) in [6.45, 7) is 2.43. The molecular weight excluding hydrogens is 278 g/mol. The zero-order valence-electron chi connectivity index (χ0n) is 12.8. The van der Waals surface area contributed by atoms with Crippen molar-refractivity contribution in [2.75, 3.05) is 26.7 Å². The number of amides is 1. The van der Waals surface area contributed by atoms with E-state index in [-0.39, 0.29) is 11.5 Å². The number of H-pyrrole nitrogens is 1. The van der Waals surface area contributed by atoms with Crippen molar-refractivity contribution in [3.8, 4) is 0 Å². The minimum atomic E-state index is -0.231. The molecule has 0 bridgehead atoms. The Hall–Kier alpha value is -2.14. The molecule has 1 saturated heterocycles. The zero-order valence-corrected chi connectivity index (χ0v) is 12.8. The number of carbonyl (C=O) groups excluding carboxylic acids is 1. The van der Waals surface area contributed by atoms with E-state index in [9.17, 15) is 9.59 Å². The van der Waals surface area contributed by atoms with Gasteiger partial charge in [-0.2, -0.15) is 0 Å². The van der Waals surface area contributed by atoms with Crippen LogP contribution < -0.4 is 10.9 Å². The average molecular weight is 299 g/mol. The van der Waals surface area contributed by atoms with Gasteiger partial charge in [0.15, 0.2) is 0 Å². The van der Waals surface area contributed by atoms with Gasteiger partial charge >= 0.3 is 0 Å². The smallest absolute Gasteiger partial charge is 0.254 e. The normalized spacial score (nSPS) is 18.6. The van der Waals surface area contributed by atoms with Gasteiger partial charge in [0.25, 0.3) is 5.91 Å². The number of pyridine rings is 1. The molecule has 1 aromatic carbocycles. The van der Waals surface area contributed by atoms with Crippen LogP contribution in [0, 0.1) is 5.92 Å². The van der Waals surface area contributed by atoms with Crippen molar-refractivity contribution in [3.63, 3.8) is 0 Å². The number of fused-ring (bicyclic) bond motifs is 1. The Morgan fingerprint density at radius 2 is 2.23 bits per heavy atom. The monoisotopic (exact) mass is 299 g/mol. The molecule has 1 fully saturated rings. The van der Waals surface area contributed by atoms with Crippen molar-refractivity contribution < 1.29 is 4.79 Å². The minimum absolute atomic E-state index is 0.0388. The molecule has 0 aliphatic carbocycles. The number of carbonyl (C=O) groups is 1. The molecule has 1 amide bonds. The number of benzene rings is 1. The highest BCUT2D eigenvalue weighted by atomic mass is 16.2. The first-order valence-corrected chi connectivity index (χ1v) is 7.75. The molecule has 2 heterocycles. The largest absolute Gasteiger partial charge is 0.338 e. The van der Waals surface area contributed by atoms with Crippen LogP contribution in [0.5, 0.6) is 0 Å². The van der Waals surface area contributed by atoms with Gasteiger partial charge in [0.1, 0.15) is 0 Å². The summed E-state index contributed by atoms with van der Waals surface area (Å²) >= 11 is 0. The molecule has 1 aromatic heterocycles. The van der Waals surface area contributed by atoms with Gasteiger partial charge in [-0.1, -0.05) is 18.2 Å². The molecule has 116 valence electrons. The number of para-hydroxylation sites is 1. The van der Waals surface area contributed by atoms with Crippen molar-refractivity contribution in [3.05, 3.63) is 46.2 Å². The van der Waals surface area contributed by atoms with Crippen LogP contribution >= 0.6 is 0 Å². The Balaban J connectivity index is 1.93. The van der Waals surface area contributed by atoms with E-state index in [4.69, 9.17) is 0 Å². The van der Waals surface area contributed by atoms with E-state index in [1.807, 2.05) is 36.2 Å². The van der Waals surface area contributed by atoms with Crippen LogP contribution in [-0.4, -0.2) is 42.5 Å². The molecule has 2 aromatic rings. The predicted octanol–water partition coefficient (Wildman–Crippen LogP) is 1.60. The highest BCUT2D eigenvalue weighted by Crippen LogP contribution is 2.21. The number of nitrogens with zero attached hydrogens (tertiary/aromatic N) is 1. The highest BCUT2D eigenvalue weighted by molar-refractivity contribution is 6.05. The molecule has 22 heavy (non-hydrogen) atoms. The van der Waals surface area contributed by atoms with Gasteiger partial charge in [-0.25, -0.2) is 0 Å². The lowest BCUT2D eigenvalue weighted by Crippen LogP contribution is -2.42. The van der Waals surface area contributed by atoms with Gasteiger partial charge in [0.05, 0.1) is 5.56 Å². The number of nitrogens with one attached hydrogen (secondary N) is 2. The lowest BCUT2D eigenvalue weighted by atomic mass is 9.97. The third-order valence-electron chi connectivity index (χ3n) is 4.28. The summed E-state index contributed by atoms with van der Waals surface area (Å²) in [5.41, 5.74) is 0.984. The molecule has 1 aliphatic rings. The van der Waals surface area contributed by atoms with Crippen LogP contribution in [0.2, 0.25) is 0 Å². The quantitative estimate of drug-likeness (QED) is 0.905. The molecule has 3 rings (SSSR count). The molecule has 5 nitrogen and oxygen atoms in total. The number of likely N-dealkylation sites (tertiary alicyclic amines) is 1.